The molecular formula is C22H24N2O. The number of nitrogens with zero attached hydrogens (tertiary/aromatic N) is 2. The Kier molecular flexibility index (Phi) is 4.65. The summed E-state index contributed by atoms with van der Waals surface area (Å²) < 4.78 is 2.27. The standard InChI is InChI=1S/C22H24N2O/c1-14-7-5-8-19(16(14)3)22-17(4)24(9-6-10-25)21-11-15(2)18(13-23)12-20(21)22/h5,7-8,11-12,25H,6,9-10H2,1-4H3. The van der Waals surface area contributed by atoms with Crippen molar-refractivity contribution in [3.63, 3.8) is 0 Å². The van der Waals surface area contributed by atoms with Crippen molar-refractivity contribution in [2.45, 2.75) is 40.7 Å². The first-order valence-electron chi connectivity index (χ1n) is 8.70. The van der Waals surface area contributed by atoms with E-state index in [1.54, 1.807) is 0 Å². The number of benzene rings is 2. The molecule has 0 saturated heterocycles. The highest BCUT2D eigenvalue weighted by atomic mass is 16.3. The van der Waals surface area contributed by atoms with Gasteiger partial charge in [-0.15, -0.1) is 0 Å². The minimum absolute atomic E-state index is 0.174. The van der Waals surface area contributed by atoms with Gasteiger partial charge in [-0.3, -0.25) is 0 Å². The average Bonchev–Trinajstić information content (AvgIpc) is 2.85. The third-order valence-corrected chi connectivity index (χ3v) is 5.20. The highest BCUT2D eigenvalue weighted by Gasteiger charge is 2.18. The predicted octanol–water partition coefficient (Wildman–Crippen LogP) is 4.80. The van der Waals surface area contributed by atoms with Crippen LogP contribution in [0, 0.1) is 39.0 Å². The van der Waals surface area contributed by atoms with Crippen molar-refractivity contribution in [1.82, 2.24) is 4.57 Å². The number of hydrogen-bond acceptors (Lipinski definition) is 2. The van der Waals surface area contributed by atoms with Crippen LogP contribution < -0.4 is 0 Å². The summed E-state index contributed by atoms with van der Waals surface area (Å²) in [5, 5.41) is 19.9. The number of aliphatic hydroxyl groups is 1. The Morgan fingerprint density at radius 3 is 2.52 bits per heavy atom. The maximum Gasteiger partial charge on any atom is 0.0994 e. The van der Waals surface area contributed by atoms with Gasteiger partial charge in [-0.2, -0.15) is 5.26 Å². The zero-order valence-corrected chi connectivity index (χ0v) is 15.3. The fourth-order valence-electron chi connectivity index (χ4n) is 3.63. The van der Waals surface area contributed by atoms with Gasteiger partial charge in [0.15, 0.2) is 0 Å². The van der Waals surface area contributed by atoms with Crippen molar-refractivity contribution < 1.29 is 5.11 Å². The molecule has 128 valence electrons. The van der Waals surface area contributed by atoms with Crippen molar-refractivity contribution in [2.24, 2.45) is 0 Å². The molecule has 3 aromatic rings. The Balaban J connectivity index is 2.39. The lowest BCUT2D eigenvalue weighted by Crippen LogP contribution is -2.02. The third-order valence-electron chi connectivity index (χ3n) is 5.20. The smallest absolute Gasteiger partial charge is 0.0994 e. The SMILES string of the molecule is Cc1cc2c(cc1C#N)c(-c1cccc(C)c1C)c(C)n2CCCO. The topological polar surface area (TPSA) is 49.0 Å². The molecule has 0 radical (unpaired) electrons. The molecule has 0 aliphatic heterocycles. The molecule has 0 spiro atoms. The monoisotopic (exact) mass is 332 g/mol. The summed E-state index contributed by atoms with van der Waals surface area (Å²) in [6.07, 6.45) is 0.718. The van der Waals surface area contributed by atoms with E-state index in [4.69, 9.17) is 0 Å². The quantitative estimate of drug-likeness (QED) is 0.746. The Hall–Kier alpha value is -2.57. The van der Waals surface area contributed by atoms with Gasteiger partial charge in [0.25, 0.3) is 0 Å². The van der Waals surface area contributed by atoms with E-state index in [1.807, 2.05) is 13.0 Å². The largest absolute Gasteiger partial charge is 0.396 e. The number of aromatic nitrogens is 1. The van der Waals surface area contributed by atoms with Crippen LogP contribution in [-0.2, 0) is 6.54 Å². The lowest BCUT2D eigenvalue weighted by atomic mass is 9.94. The molecule has 0 atom stereocenters. The summed E-state index contributed by atoms with van der Waals surface area (Å²) in [7, 11) is 0. The highest BCUT2D eigenvalue weighted by Crippen LogP contribution is 2.38. The summed E-state index contributed by atoms with van der Waals surface area (Å²) in [6, 6.07) is 12.8. The van der Waals surface area contributed by atoms with Crippen molar-refractivity contribution in [2.75, 3.05) is 6.61 Å². The lowest BCUT2D eigenvalue weighted by Gasteiger charge is -2.11. The maximum absolute atomic E-state index is 9.47. The normalized spacial score (nSPS) is 11.0. The Labute approximate surface area is 149 Å². The van der Waals surface area contributed by atoms with E-state index >= 15 is 0 Å². The van der Waals surface area contributed by atoms with Gasteiger partial charge in [-0.05, 0) is 68.5 Å². The van der Waals surface area contributed by atoms with Crippen LogP contribution in [0.5, 0.6) is 0 Å². The second kappa shape index (κ2) is 6.74. The number of fused-ring (bicyclic) bond motifs is 1. The molecule has 2 aromatic carbocycles. The van der Waals surface area contributed by atoms with Gasteiger partial charge in [-0.1, -0.05) is 18.2 Å². The molecule has 25 heavy (non-hydrogen) atoms. The molecule has 3 rings (SSSR count). The van der Waals surface area contributed by atoms with Gasteiger partial charge in [-0.25, -0.2) is 0 Å². The van der Waals surface area contributed by atoms with Crippen molar-refractivity contribution in [3.05, 3.63) is 58.3 Å². The van der Waals surface area contributed by atoms with E-state index < -0.39 is 0 Å². The molecule has 3 heteroatoms. The number of nitriles is 1. The summed E-state index contributed by atoms with van der Waals surface area (Å²) in [4.78, 5) is 0. The van der Waals surface area contributed by atoms with Crippen molar-refractivity contribution >= 4 is 10.9 Å². The molecule has 0 unspecified atom stereocenters. The summed E-state index contributed by atoms with van der Waals surface area (Å²) >= 11 is 0. The van der Waals surface area contributed by atoms with E-state index in [2.05, 4.69) is 55.7 Å². The van der Waals surface area contributed by atoms with Crippen LogP contribution in [0.4, 0.5) is 0 Å². The maximum atomic E-state index is 9.47. The van der Waals surface area contributed by atoms with Gasteiger partial charge in [0, 0.05) is 35.3 Å². The van der Waals surface area contributed by atoms with Crippen LogP contribution >= 0.6 is 0 Å². The molecule has 1 N–H and O–H groups in total. The second-order valence-electron chi connectivity index (χ2n) is 6.73. The van der Waals surface area contributed by atoms with E-state index in [-0.39, 0.29) is 6.61 Å². The first-order valence-corrected chi connectivity index (χ1v) is 8.70. The van der Waals surface area contributed by atoms with Crippen LogP contribution in [0.1, 0.15) is 34.4 Å². The predicted molar refractivity (Wildman–Crippen MR) is 103 cm³/mol. The molecule has 1 heterocycles. The number of hydrogen-bond donors (Lipinski definition) is 1. The van der Waals surface area contributed by atoms with Crippen LogP contribution in [0.2, 0.25) is 0 Å². The van der Waals surface area contributed by atoms with Gasteiger partial charge in [0.2, 0.25) is 0 Å². The van der Waals surface area contributed by atoms with Gasteiger partial charge in [0.1, 0.15) is 0 Å². The zero-order chi connectivity index (χ0) is 18.1. The van der Waals surface area contributed by atoms with Gasteiger partial charge >= 0.3 is 0 Å². The molecule has 0 bridgehead atoms. The van der Waals surface area contributed by atoms with Crippen molar-refractivity contribution in [1.29, 1.82) is 5.26 Å². The van der Waals surface area contributed by atoms with Crippen LogP contribution in [0.15, 0.2) is 30.3 Å². The molecule has 0 amide bonds. The molecule has 0 aliphatic rings. The van der Waals surface area contributed by atoms with Crippen LogP contribution in [-0.4, -0.2) is 16.3 Å². The lowest BCUT2D eigenvalue weighted by molar-refractivity contribution is 0.280. The molecule has 3 nitrogen and oxygen atoms in total. The minimum Gasteiger partial charge on any atom is -0.396 e. The molecular weight excluding hydrogens is 308 g/mol. The first-order chi connectivity index (χ1) is 12.0. The van der Waals surface area contributed by atoms with Gasteiger partial charge < -0.3 is 9.67 Å². The number of rotatable bonds is 4. The zero-order valence-electron chi connectivity index (χ0n) is 15.3. The Morgan fingerprint density at radius 2 is 1.84 bits per heavy atom. The van der Waals surface area contributed by atoms with Gasteiger partial charge in [0.05, 0.1) is 11.6 Å². The number of aliphatic hydroxyl groups excluding tert-OH is 1. The van der Waals surface area contributed by atoms with Crippen LogP contribution in [0.25, 0.3) is 22.0 Å². The first kappa shape index (κ1) is 17.3. The summed E-state index contributed by atoms with van der Waals surface area (Å²) in [5.41, 5.74) is 8.99. The van der Waals surface area contributed by atoms with E-state index in [0.29, 0.717) is 0 Å². The fourth-order valence-corrected chi connectivity index (χ4v) is 3.63. The molecule has 0 saturated carbocycles. The van der Waals surface area contributed by atoms with Crippen molar-refractivity contribution in [3.8, 4) is 17.2 Å². The summed E-state index contributed by atoms with van der Waals surface area (Å²) in [5.74, 6) is 0. The minimum atomic E-state index is 0.174. The van der Waals surface area contributed by atoms with Crippen LogP contribution in [0.3, 0.4) is 0 Å². The second-order valence-corrected chi connectivity index (χ2v) is 6.73. The van der Waals surface area contributed by atoms with E-state index in [9.17, 15) is 10.4 Å². The molecule has 0 aliphatic carbocycles. The average molecular weight is 332 g/mol. The summed E-state index contributed by atoms with van der Waals surface area (Å²) in [6.45, 7) is 9.34. The Morgan fingerprint density at radius 1 is 1.08 bits per heavy atom. The third kappa shape index (κ3) is 2.83. The van der Waals surface area contributed by atoms with E-state index in [0.717, 1.165) is 35.0 Å². The van der Waals surface area contributed by atoms with E-state index in [1.165, 1.54) is 27.9 Å². The fraction of sp³-hybridized carbons (Fsp3) is 0.318. The number of aryl methyl sites for hydroxylation is 3. The highest BCUT2D eigenvalue weighted by molar-refractivity contribution is 6.00. The Bertz CT molecular complexity index is 990. The molecule has 1 aromatic heterocycles. The molecule has 0 fully saturated rings.